The molecule has 2 N–H and O–H groups in total. The van der Waals surface area contributed by atoms with Crippen molar-refractivity contribution < 1.29 is 4.74 Å². The van der Waals surface area contributed by atoms with Gasteiger partial charge in [0, 0.05) is 27.8 Å². The molecule has 0 unspecified atom stereocenters. The van der Waals surface area contributed by atoms with Crippen LogP contribution >= 0.6 is 0 Å². The molecule has 4 aromatic rings. The molecule has 0 saturated carbocycles. The fraction of sp³-hybridized carbons (Fsp3) is 0.111. The lowest BCUT2D eigenvalue weighted by molar-refractivity contribution is 0.415. The Balaban J connectivity index is 1.83. The maximum absolute atomic E-state index is 5.34. The SMILES string of the molecule is COc1ccc2nc(C)cc(Nc3ccc4cn[nH]c4c3)c2c1. The monoisotopic (exact) mass is 304 g/mol. The second kappa shape index (κ2) is 5.28. The van der Waals surface area contributed by atoms with Crippen molar-refractivity contribution in [3.05, 3.63) is 54.4 Å². The Morgan fingerprint density at radius 1 is 1.09 bits per heavy atom. The minimum absolute atomic E-state index is 0.815. The van der Waals surface area contributed by atoms with Crippen LogP contribution in [0.2, 0.25) is 0 Å². The van der Waals surface area contributed by atoms with Gasteiger partial charge >= 0.3 is 0 Å². The highest BCUT2D eigenvalue weighted by molar-refractivity contribution is 5.95. The second-order valence-corrected chi connectivity index (χ2v) is 5.49. The zero-order chi connectivity index (χ0) is 15.8. The third-order valence-electron chi connectivity index (χ3n) is 3.86. The van der Waals surface area contributed by atoms with Crippen LogP contribution in [0.15, 0.2) is 48.7 Å². The highest BCUT2D eigenvalue weighted by atomic mass is 16.5. The molecule has 0 bridgehead atoms. The topological polar surface area (TPSA) is 62.8 Å². The fourth-order valence-corrected chi connectivity index (χ4v) is 2.74. The Kier molecular flexibility index (Phi) is 3.12. The number of hydrogen-bond acceptors (Lipinski definition) is 4. The Bertz CT molecular complexity index is 1010. The zero-order valence-corrected chi connectivity index (χ0v) is 12.9. The molecule has 4 rings (SSSR count). The number of nitrogens with one attached hydrogen (secondary N) is 2. The molecule has 0 amide bonds. The molecule has 0 radical (unpaired) electrons. The molecule has 5 nitrogen and oxygen atoms in total. The third-order valence-corrected chi connectivity index (χ3v) is 3.86. The minimum Gasteiger partial charge on any atom is -0.497 e. The lowest BCUT2D eigenvalue weighted by atomic mass is 10.1. The summed E-state index contributed by atoms with van der Waals surface area (Å²) in [5.41, 5.74) is 4.91. The summed E-state index contributed by atoms with van der Waals surface area (Å²) in [7, 11) is 1.67. The molecule has 5 heteroatoms. The van der Waals surface area contributed by atoms with Crippen molar-refractivity contribution in [2.75, 3.05) is 12.4 Å². The summed E-state index contributed by atoms with van der Waals surface area (Å²) >= 11 is 0. The van der Waals surface area contributed by atoms with E-state index >= 15 is 0 Å². The number of fused-ring (bicyclic) bond motifs is 2. The van der Waals surface area contributed by atoms with Gasteiger partial charge in [-0.05, 0) is 49.4 Å². The van der Waals surface area contributed by atoms with Crippen LogP contribution in [-0.4, -0.2) is 22.3 Å². The summed E-state index contributed by atoms with van der Waals surface area (Å²) in [4.78, 5) is 4.58. The Morgan fingerprint density at radius 2 is 2.00 bits per heavy atom. The van der Waals surface area contributed by atoms with Gasteiger partial charge in [-0.2, -0.15) is 5.10 Å². The molecule has 2 aromatic carbocycles. The van der Waals surface area contributed by atoms with Crippen LogP contribution in [0.25, 0.3) is 21.8 Å². The van der Waals surface area contributed by atoms with E-state index in [9.17, 15) is 0 Å². The van der Waals surface area contributed by atoms with Crippen molar-refractivity contribution in [2.45, 2.75) is 6.92 Å². The molecule has 2 aromatic heterocycles. The number of aromatic nitrogens is 3. The van der Waals surface area contributed by atoms with E-state index in [0.29, 0.717) is 0 Å². The summed E-state index contributed by atoms with van der Waals surface area (Å²) < 4.78 is 5.34. The van der Waals surface area contributed by atoms with Gasteiger partial charge in [0.05, 0.1) is 24.3 Å². The lowest BCUT2D eigenvalue weighted by Crippen LogP contribution is -1.95. The van der Waals surface area contributed by atoms with Crippen LogP contribution in [0.4, 0.5) is 11.4 Å². The molecule has 0 aliphatic rings. The molecule has 2 heterocycles. The van der Waals surface area contributed by atoms with E-state index in [1.807, 2.05) is 55.6 Å². The van der Waals surface area contributed by atoms with E-state index in [-0.39, 0.29) is 0 Å². The van der Waals surface area contributed by atoms with Gasteiger partial charge < -0.3 is 10.1 Å². The van der Waals surface area contributed by atoms with Gasteiger partial charge in [0.1, 0.15) is 5.75 Å². The summed E-state index contributed by atoms with van der Waals surface area (Å²) in [6.45, 7) is 1.99. The van der Waals surface area contributed by atoms with Crippen molar-refractivity contribution in [3.8, 4) is 5.75 Å². The van der Waals surface area contributed by atoms with Gasteiger partial charge in [0.2, 0.25) is 0 Å². The highest BCUT2D eigenvalue weighted by Crippen LogP contribution is 2.30. The van der Waals surface area contributed by atoms with Crippen molar-refractivity contribution in [2.24, 2.45) is 0 Å². The molecule has 114 valence electrons. The lowest BCUT2D eigenvalue weighted by Gasteiger charge is -2.12. The van der Waals surface area contributed by atoms with E-state index in [2.05, 4.69) is 20.5 Å². The summed E-state index contributed by atoms with van der Waals surface area (Å²) in [5.74, 6) is 0.815. The normalized spacial score (nSPS) is 11.0. The predicted octanol–water partition coefficient (Wildman–Crippen LogP) is 4.17. The fourth-order valence-electron chi connectivity index (χ4n) is 2.74. The smallest absolute Gasteiger partial charge is 0.119 e. The van der Waals surface area contributed by atoms with Crippen LogP contribution in [-0.2, 0) is 0 Å². The number of anilines is 2. The molecule has 23 heavy (non-hydrogen) atoms. The second-order valence-electron chi connectivity index (χ2n) is 5.49. The third kappa shape index (κ3) is 2.46. The Labute approximate surface area is 133 Å². The molecular formula is C18H16N4O. The first-order chi connectivity index (χ1) is 11.2. The quantitative estimate of drug-likeness (QED) is 0.596. The number of methoxy groups -OCH3 is 1. The van der Waals surface area contributed by atoms with E-state index in [1.54, 1.807) is 7.11 Å². The molecule has 0 fully saturated rings. The molecule has 0 spiro atoms. The molecule has 0 atom stereocenters. The van der Waals surface area contributed by atoms with E-state index in [0.717, 1.165) is 44.6 Å². The molecule has 0 aliphatic carbocycles. The van der Waals surface area contributed by atoms with Gasteiger partial charge in [0.15, 0.2) is 0 Å². The maximum atomic E-state index is 5.34. The summed E-state index contributed by atoms with van der Waals surface area (Å²) in [5, 5.41) is 12.6. The van der Waals surface area contributed by atoms with Crippen LogP contribution < -0.4 is 10.1 Å². The Morgan fingerprint density at radius 3 is 2.87 bits per heavy atom. The number of pyridine rings is 1. The van der Waals surface area contributed by atoms with Crippen molar-refractivity contribution in [1.82, 2.24) is 15.2 Å². The van der Waals surface area contributed by atoms with Gasteiger partial charge in [-0.25, -0.2) is 0 Å². The standard InChI is InChI=1S/C18H16N4O/c1-11-7-18(15-9-14(23-2)5-6-16(15)20-11)21-13-4-3-12-10-19-22-17(12)8-13/h3-10H,1-2H3,(H,19,22)(H,20,21). The first-order valence-corrected chi connectivity index (χ1v) is 7.38. The summed E-state index contributed by atoms with van der Waals surface area (Å²) in [6.07, 6.45) is 1.82. The average molecular weight is 304 g/mol. The number of ether oxygens (including phenoxy) is 1. The number of aromatic amines is 1. The minimum atomic E-state index is 0.815. The maximum Gasteiger partial charge on any atom is 0.119 e. The van der Waals surface area contributed by atoms with E-state index in [4.69, 9.17) is 4.74 Å². The molecular weight excluding hydrogens is 288 g/mol. The van der Waals surface area contributed by atoms with Crippen molar-refractivity contribution in [3.63, 3.8) is 0 Å². The number of nitrogens with zero attached hydrogens (tertiary/aromatic N) is 2. The summed E-state index contributed by atoms with van der Waals surface area (Å²) in [6, 6.07) is 14.1. The number of hydrogen-bond donors (Lipinski definition) is 2. The van der Waals surface area contributed by atoms with Gasteiger partial charge in [-0.1, -0.05) is 0 Å². The van der Waals surface area contributed by atoms with Gasteiger partial charge in [0.25, 0.3) is 0 Å². The first kappa shape index (κ1) is 13.6. The molecule has 0 aliphatic heterocycles. The van der Waals surface area contributed by atoms with Crippen molar-refractivity contribution >= 4 is 33.2 Å². The number of H-pyrrole nitrogens is 1. The van der Waals surface area contributed by atoms with Crippen molar-refractivity contribution in [1.29, 1.82) is 0 Å². The average Bonchev–Trinajstić information content (AvgIpc) is 3.02. The van der Waals surface area contributed by atoms with E-state index < -0.39 is 0 Å². The van der Waals surface area contributed by atoms with E-state index in [1.165, 1.54) is 0 Å². The van der Waals surface area contributed by atoms with Crippen LogP contribution in [0, 0.1) is 6.92 Å². The Hall–Kier alpha value is -3.08. The number of rotatable bonds is 3. The van der Waals surface area contributed by atoms with Gasteiger partial charge in [-0.15, -0.1) is 0 Å². The molecule has 0 saturated heterocycles. The predicted molar refractivity (Wildman–Crippen MR) is 92.4 cm³/mol. The van der Waals surface area contributed by atoms with Crippen LogP contribution in [0.5, 0.6) is 5.75 Å². The number of aryl methyl sites for hydroxylation is 1. The first-order valence-electron chi connectivity index (χ1n) is 7.38. The van der Waals surface area contributed by atoms with Crippen LogP contribution in [0.3, 0.4) is 0 Å². The zero-order valence-electron chi connectivity index (χ0n) is 12.9. The van der Waals surface area contributed by atoms with Gasteiger partial charge in [-0.3, -0.25) is 10.1 Å². The highest BCUT2D eigenvalue weighted by Gasteiger charge is 2.07. The van der Waals surface area contributed by atoms with Crippen LogP contribution in [0.1, 0.15) is 5.69 Å². The largest absolute Gasteiger partial charge is 0.497 e. The number of benzene rings is 2.